The highest BCUT2D eigenvalue weighted by Gasteiger charge is 2.37. The number of hydrogen-bond acceptors (Lipinski definition) is 4. The van der Waals surface area contributed by atoms with E-state index in [2.05, 4.69) is 25.7 Å². The van der Waals surface area contributed by atoms with Crippen molar-refractivity contribution in [1.29, 1.82) is 0 Å². The average Bonchev–Trinajstić information content (AvgIpc) is 2.78. The first-order chi connectivity index (χ1) is 10.4. The molecule has 0 N–H and O–H groups in total. The number of hydrogen-bond donors (Lipinski definition) is 0. The van der Waals surface area contributed by atoms with Gasteiger partial charge in [0.25, 0.3) is 0 Å². The number of ether oxygens (including phenoxy) is 2. The van der Waals surface area contributed by atoms with Gasteiger partial charge in [0.15, 0.2) is 0 Å². The number of para-hydroxylation sites is 1. The summed E-state index contributed by atoms with van der Waals surface area (Å²) in [6.07, 6.45) is -0.142. The van der Waals surface area contributed by atoms with Crippen LogP contribution in [0.1, 0.15) is 20.8 Å². The number of benzene rings is 1. The van der Waals surface area contributed by atoms with E-state index in [0.717, 1.165) is 25.3 Å². The molecule has 2 heterocycles. The van der Waals surface area contributed by atoms with Crippen LogP contribution in [0.4, 0.5) is 10.5 Å². The van der Waals surface area contributed by atoms with E-state index in [9.17, 15) is 4.79 Å². The fourth-order valence-electron chi connectivity index (χ4n) is 3.45. The number of anilines is 1. The Hall–Kier alpha value is -1.59. The fourth-order valence-corrected chi connectivity index (χ4v) is 3.45. The maximum absolute atomic E-state index is 12.1. The number of rotatable bonds is 3. The van der Waals surface area contributed by atoms with E-state index >= 15 is 0 Å². The lowest BCUT2D eigenvalue weighted by Crippen LogP contribution is -2.53. The summed E-state index contributed by atoms with van der Waals surface area (Å²) < 4.78 is 11.5. The maximum Gasteiger partial charge on any atom is 0.414 e. The lowest BCUT2D eigenvalue weighted by atomic mass is 10.1. The van der Waals surface area contributed by atoms with Crippen molar-refractivity contribution in [3.63, 3.8) is 0 Å². The van der Waals surface area contributed by atoms with Crippen LogP contribution in [0.5, 0.6) is 0 Å². The Morgan fingerprint density at radius 3 is 2.64 bits per heavy atom. The number of nitrogens with zero attached hydrogens (tertiary/aromatic N) is 2. The Labute approximate surface area is 131 Å². The van der Waals surface area contributed by atoms with Crippen LogP contribution in [0.15, 0.2) is 30.3 Å². The highest BCUT2D eigenvalue weighted by Crippen LogP contribution is 2.24. The van der Waals surface area contributed by atoms with Gasteiger partial charge < -0.3 is 9.47 Å². The summed E-state index contributed by atoms with van der Waals surface area (Å²) >= 11 is 0. The molecule has 3 rings (SSSR count). The Bertz CT molecular complexity index is 532. The second-order valence-corrected chi connectivity index (χ2v) is 6.83. The quantitative estimate of drug-likeness (QED) is 0.860. The molecule has 1 amide bonds. The second kappa shape index (κ2) is 5.89. The first-order valence-corrected chi connectivity index (χ1v) is 7.86. The molecular formula is C17H24N2O3. The highest BCUT2D eigenvalue weighted by atomic mass is 16.6. The van der Waals surface area contributed by atoms with Crippen LogP contribution < -0.4 is 4.90 Å². The van der Waals surface area contributed by atoms with Crippen LogP contribution in [0.25, 0.3) is 0 Å². The molecule has 120 valence electrons. The molecule has 0 aromatic heterocycles. The van der Waals surface area contributed by atoms with Crippen molar-refractivity contribution >= 4 is 11.8 Å². The van der Waals surface area contributed by atoms with Crippen LogP contribution >= 0.6 is 0 Å². The van der Waals surface area contributed by atoms with Gasteiger partial charge in [0.1, 0.15) is 6.10 Å². The average molecular weight is 304 g/mol. The first-order valence-electron chi connectivity index (χ1n) is 7.86. The van der Waals surface area contributed by atoms with Crippen molar-refractivity contribution in [3.8, 4) is 0 Å². The first kappa shape index (κ1) is 15.3. The molecule has 22 heavy (non-hydrogen) atoms. The molecule has 2 aliphatic heterocycles. The monoisotopic (exact) mass is 304 g/mol. The molecule has 0 bridgehead atoms. The molecule has 2 fully saturated rings. The Morgan fingerprint density at radius 1 is 1.23 bits per heavy atom. The predicted octanol–water partition coefficient (Wildman–Crippen LogP) is 2.51. The molecule has 5 nitrogen and oxygen atoms in total. The summed E-state index contributed by atoms with van der Waals surface area (Å²) in [5, 5.41) is 0. The molecule has 2 atom stereocenters. The van der Waals surface area contributed by atoms with Gasteiger partial charge in [-0.25, -0.2) is 4.79 Å². The smallest absolute Gasteiger partial charge is 0.414 e. The van der Waals surface area contributed by atoms with Gasteiger partial charge in [-0.2, -0.15) is 0 Å². The third kappa shape index (κ3) is 3.42. The third-order valence-corrected chi connectivity index (χ3v) is 4.04. The topological polar surface area (TPSA) is 42.0 Å². The van der Waals surface area contributed by atoms with Crippen molar-refractivity contribution in [2.45, 2.75) is 38.6 Å². The second-order valence-electron chi connectivity index (χ2n) is 6.83. The highest BCUT2D eigenvalue weighted by molar-refractivity contribution is 5.89. The van der Waals surface area contributed by atoms with E-state index in [-0.39, 0.29) is 23.9 Å². The molecule has 2 aliphatic rings. The number of cyclic esters (lactones) is 1. The Morgan fingerprint density at radius 2 is 1.95 bits per heavy atom. The van der Waals surface area contributed by atoms with E-state index in [0.29, 0.717) is 6.54 Å². The number of carbonyl (C=O) groups is 1. The van der Waals surface area contributed by atoms with Crippen LogP contribution in [-0.2, 0) is 9.47 Å². The predicted molar refractivity (Wildman–Crippen MR) is 85.1 cm³/mol. The van der Waals surface area contributed by atoms with Crippen LogP contribution in [0, 0.1) is 0 Å². The van der Waals surface area contributed by atoms with Crippen molar-refractivity contribution < 1.29 is 14.3 Å². The van der Waals surface area contributed by atoms with E-state index in [1.54, 1.807) is 4.90 Å². The molecule has 0 spiro atoms. The van der Waals surface area contributed by atoms with E-state index in [1.165, 1.54) is 0 Å². The molecule has 1 aromatic rings. The molecule has 0 aliphatic carbocycles. The lowest BCUT2D eigenvalue weighted by molar-refractivity contribution is -0.132. The fraction of sp³-hybridized carbons (Fsp3) is 0.588. The van der Waals surface area contributed by atoms with Gasteiger partial charge in [-0.15, -0.1) is 0 Å². The van der Waals surface area contributed by atoms with Gasteiger partial charge in [0.2, 0.25) is 0 Å². The zero-order chi connectivity index (χ0) is 15.7. The Kier molecular flexibility index (Phi) is 4.10. The third-order valence-electron chi connectivity index (χ3n) is 4.04. The zero-order valence-corrected chi connectivity index (χ0v) is 13.5. The van der Waals surface area contributed by atoms with Crippen LogP contribution in [0.3, 0.4) is 0 Å². The zero-order valence-electron chi connectivity index (χ0n) is 13.5. The van der Waals surface area contributed by atoms with Gasteiger partial charge in [0.05, 0.1) is 18.2 Å². The summed E-state index contributed by atoms with van der Waals surface area (Å²) in [6.45, 7) is 9.39. The molecule has 5 heteroatoms. The maximum atomic E-state index is 12.1. The summed E-state index contributed by atoms with van der Waals surface area (Å²) in [6, 6.07) is 9.68. The summed E-state index contributed by atoms with van der Waals surface area (Å²) in [7, 11) is 0. The van der Waals surface area contributed by atoms with Crippen LogP contribution in [-0.4, -0.2) is 55.0 Å². The van der Waals surface area contributed by atoms with Crippen LogP contribution in [0.2, 0.25) is 0 Å². The Balaban J connectivity index is 1.62. The molecule has 1 aromatic carbocycles. The van der Waals surface area contributed by atoms with Crippen molar-refractivity contribution in [1.82, 2.24) is 4.90 Å². The van der Waals surface area contributed by atoms with Gasteiger partial charge >= 0.3 is 6.09 Å². The number of carbonyl (C=O) groups excluding carboxylic acids is 1. The minimum absolute atomic E-state index is 0.0891. The summed E-state index contributed by atoms with van der Waals surface area (Å²) in [5.74, 6) is 0. The van der Waals surface area contributed by atoms with Gasteiger partial charge in [-0.1, -0.05) is 18.2 Å². The largest absolute Gasteiger partial charge is 0.443 e. The number of amides is 1. The van der Waals surface area contributed by atoms with Gasteiger partial charge in [-0.05, 0) is 32.9 Å². The molecule has 0 unspecified atom stereocenters. The summed E-state index contributed by atoms with van der Waals surface area (Å²) in [5.41, 5.74) is 0.741. The number of morpholine rings is 1. The molecule has 0 saturated carbocycles. The minimum atomic E-state index is -0.253. The summed E-state index contributed by atoms with van der Waals surface area (Å²) in [4.78, 5) is 16.1. The molecular weight excluding hydrogens is 280 g/mol. The standard InChI is InChI=1S/C17H24N2O3/c1-13-9-18(12-17(2,3)22-13)10-15-11-19(16(20)21-15)14-7-5-4-6-8-14/h4-8,13,15H,9-12H2,1-3H3/t13-,15-/m0/s1. The van der Waals surface area contributed by atoms with Gasteiger partial charge in [-0.3, -0.25) is 9.80 Å². The lowest BCUT2D eigenvalue weighted by Gasteiger charge is -2.42. The normalized spacial score (nSPS) is 28.7. The van der Waals surface area contributed by atoms with E-state index in [4.69, 9.17) is 9.47 Å². The minimum Gasteiger partial charge on any atom is -0.443 e. The van der Waals surface area contributed by atoms with Crippen molar-refractivity contribution in [2.24, 2.45) is 0 Å². The molecule has 0 radical (unpaired) electrons. The van der Waals surface area contributed by atoms with Crippen molar-refractivity contribution in [2.75, 3.05) is 31.1 Å². The van der Waals surface area contributed by atoms with Crippen molar-refractivity contribution in [3.05, 3.63) is 30.3 Å². The van der Waals surface area contributed by atoms with E-state index in [1.807, 2.05) is 30.3 Å². The van der Waals surface area contributed by atoms with E-state index < -0.39 is 0 Å². The van der Waals surface area contributed by atoms with Gasteiger partial charge in [0, 0.05) is 25.3 Å². The molecule has 2 saturated heterocycles. The SMILES string of the molecule is C[C@H]1CN(C[C@H]2CN(c3ccccc3)C(=O)O2)CC(C)(C)O1.